The third-order valence-corrected chi connectivity index (χ3v) is 2.91. The number of benzene rings is 1. The zero-order valence-corrected chi connectivity index (χ0v) is 11.5. The second-order valence-corrected chi connectivity index (χ2v) is 4.59. The molecule has 1 fully saturated rings. The van der Waals surface area contributed by atoms with E-state index in [4.69, 9.17) is 34.4 Å². The van der Waals surface area contributed by atoms with Crippen LogP contribution in [0.25, 0.3) is 6.08 Å². The quantitative estimate of drug-likeness (QED) is 0.511. The Morgan fingerprint density at radius 3 is 2.40 bits per heavy atom. The Balaban J connectivity index is 2.31. The number of urea groups is 1. The molecule has 7 heteroatoms. The molecule has 0 unspecified atom stereocenters. The van der Waals surface area contributed by atoms with Gasteiger partial charge < -0.3 is 10.1 Å². The van der Waals surface area contributed by atoms with Crippen LogP contribution in [0.4, 0.5) is 4.79 Å². The Morgan fingerprint density at radius 1 is 1.25 bits per heavy atom. The zero-order valence-electron chi connectivity index (χ0n) is 10.00. The number of terminal acetylenes is 1. The Kier molecular flexibility index (Phi) is 4.18. The molecule has 0 bridgehead atoms. The second kappa shape index (κ2) is 5.87. The predicted molar refractivity (Wildman–Crippen MR) is 75.4 cm³/mol. The first-order valence-corrected chi connectivity index (χ1v) is 6.16. The summed E-state index contributed by atoms with van der Waals surface area (Å²) in [4.78, 5) is 22.4. The summed E-state index contributed by atoms with van der Waals surface area (Å²) in [6.45, 7) is 0.0400. The van der Waals surface area contributed by atoms with Crippen LogP contribution in [0, 0.1) is 12.3 Å². The Morgan fingerprint density at radius 2 is 1.90 bits per heavy atom. The topological polar surface area (TPSA) is 67.4 Å². The fourth-order valence-corrected chi connectivity index (χ4v) is 2.18. The van der Waals surface area contributed by atoms with E-state index in [0.717, 1.165) is 0 Å². The van der Waals surface area contributed by atoms with Crippen molar-refractivity contribution in [3.8, 4) is 18.1 Å². The Bertz CT molecular complexity index is 639. The molecule has 102 valence electrons. The number of rotatable bonds is 3. The number of hydrogen-bond acceptors (Lipinski definition) is 3. The number of imide groups is 1. The summed E-state index contributed by atoms with van der Waals surface area (Å²) in [7, 11) is 0. The van der Waals surface area contributed by atoms with E-state index in [9.17, 15) is 9.59 Å². The molecule has 1 saturated heterocycles. The highest BCUT2D eigenvalue weighted by atomic mass is 35.5. The minimum Gasteiger partial charge on any atom is -0.478 e. The predicted octanol–water partition coefficient (Wildman–Crippen LogP) is 2.19. The van der Waals surface area contributed by atoms with E-state index in [1.54, 1.807) is 12.1 Å². The number of hydrogen-bond donors (Lipinski definition) is 2. The first-order valence-electron chi connectivity index (χ1n) is 5.40. The van der Waals surface area contributed by atoms with Crippen LogP contribution >= 0.6 is 23.2 Å². The highest BCUT2D eigenvalue weighted by Gasteiger charge is 2.23. The Hall–Kier alpha value is -2.16. The average molecular weight is 311 g/mol. The largest absolute Gasteiger partial charge is 0.478 e. The molecule has 1 aromatic carbocycles. The monoisotopic (exact) mass is 310 g/mol. The molecule has 0 spiro atoms. The van der Waals surface area contributed by atoms with Crippen molar-refractivity contribution >= 4 is 41.2 Å². The molecule has 2 rings (SSSR count). The summed E-state index contributed by atoms with van der Waals surface area (Å²) in [5.74, 6) is 2.06. The van der Waals surface area contributed by atoms with E-state index >= 15 is 0 Å². The molecule has 20 heavy (non-hydrogen) atoms. The molecule has 1 aliphatic rings. The first kappa shape index (κ1) is 14.3. The maximum Gasteiger partial charge on any atom is 0.326 e. The van der Waals surface area contributed by atoms with E-state index in [0.29, 0.717) is 5.56 Å². The van der Waals surface area contributed by atoms with Gasteiger partial charge in [0.1, 0.15) is 12.3 Å². The lowest BCUT2D eigenvalue weighted by Gasteiger charge is -2.08. The minimum absolute atomic E-state index is 0.0400. The number of carbonyl (C=O) groups is 2. The fraction of sp³-hybridized carbons (Fsp3) is 0.0769. The van der Waals surface area contributed by atoms with Crippen LogP contribution in [0.1, 0.15) is 5.56 Å². The molecule has 0 atom stereocenters. The molecule has 1 aliphatic heterocycles. The summed E-state index contributed by atoms with van der Waals surface area (Å²) in [6.07, 6.45) is 6.54. The highest BCUT2D eigenvalue weighted by Crippen LogP contribution is 2.34. The van der Waals surface area contributed by atoms with Crippen LogP contribution in [0.5, 0.6) is 5.75 Å². The van der Waals surface area contributed by atoms with Gasteiger partial charge in [-0.05, 0) is 23.8 Å². The first-order chi connectivity index (χ1) is 9.51. The minimum atomic E-state index is -0.576. The maximum atomic E-state index is 11.4. The lowest BCUT2D eigenvalue weighted by Crippen LogP contribution is -2.22. The normalized spacial score (nSPS) is 15.8. The number of halogens is 2. The van der Waals surface area contributed by atoms with Crippen LogP contribution in [-0.4, -0.2) is 18.5 Å². The van der Waals surface area contributed by atoms with E-state index in [1.807, 2.05) is 0 Å². The average Bonchev–Trinajstić information content (AvgIpc) is 2.67. The van der Waals surface area contributed by atoms with Crippen LogP contribution < -0.4 is 15.4 Å². The molecule has 3 amide bonds. The fourth-order valence-electron chi connectivity index (χ4n) is 1.56. The zero-order chi connectivity index (χ0) is 14.7. The van der Waals surface area contributed by atoms with Crippen molar-refractivity contribution in [1.82, 2.24) is 10.6 Å². The van der Waals surface area contributed by atoms with Crippen molar-refractivity contribution in [2.75, 3.05) is 6.61 Å². The lowest BCUT2D eigenvalue weighted by molar-refractivity contribution is -0.115. The van der Waals surface area contributed by atoms with Crippen molar-refractivity contribution in [2.45, 2.75) is 0 Å². The van der Waals surface area contributed by atoms with Gasteiger partial charge in [0.2, 0.25) is 0 Å². The number of ether oxygens (including phenoxy) is 1. The molecule has 5 nitrogen and oxygen atoms in total. The van der Waals surface area contributed by atoms with Crippen molar-refractivity contribution in [2.24, 2.45) is 0 Å². The van der Waals surface area contributed by atoms with Gasteiger partial charge in [-0.3, -0.25) is 10.1 Å². The van der Waals surface area contributed by atoms with E-state index in [-0.39, 0.29) is 28.1 Å². The van der Waals surface area contributed by atoms with Gasteiger partial charge in [0.05, 0.1) is 10.0 Å². The summed E-state index contributed by atoms with van der Waals surface area (Å²) in [5, 5.41) is 4.95. The van der Waals surface area contributed by atoms with Gasteiger partial charge in [-0.2, -0.15) is 0 Å². The number of nitrogens with one attached hydrogen (secondary N) is 2. The van der Waals surface area contributed by atoms with Gasteiger partial charge in [-0.25, -0.2) is 4.79 Å². The lowest BCUT2D eigenvalue weighted by atomic mass is 10.2. The smallest absolute Gasteiger partial charge is 0.326 e. The van der Waals surface area contributed by atoms with Gasteiger partial charge >= 0.3 is 6.03 Å². The van der Waals surface area contributed by atoms with Crippen molar-refractivity contribution in [3.05, 3.63) is 33.4 Å². The van der Waals surface area contributed by atoms with Crippen molar-refractivity contribution in [3.63, 3.8) is 0 Å². The maximum absolute atomic E-state index is 11.4. The third-order valence-electron chi connectivity index (χ3n) is 2.35. The van der Waals surface area contributed by atoms with Crippen LogP contribution in [-0.2, 0) is 4.79 Å². The van der Waals surface area contributed by atoms with Gasteiger partial charge in [0, 0.05) is 0 Å². The standard InChI is InChI=1S/C13H8Cl2N2O3/c1-2-3-20-11-8(14)4-7(5-9(11)15)6-10-12(18)17-13(19)16-10/h1,4-6H,3H2,(H2,16,17,18,19). The number of carbonyl (C=O) groups excluding carboxylic acids is 2. The van der Waals surface area contributed by atoms with Gasteiger partial charge in [-0.1, -0.05) is 29.1 Å². The molecule has 0 radical (unpaired) electrons. The summed E-state index contributed by atoms with van der Waals surface area (Å²) in [6, 6.07) is 2.51. The van der Waals surface area contributed by atoms with Crippen molar-refractivity contribution < 1.29 is 14.3 Å². The SMILES string of the molecule is C#CCOc1c(Cl)cc(C=C2NC(=O)NC2=O)cc1Cl. The van der Waals surface area contributed by atoms with E-state index in [2.05, 4.69) is 16.6 Å². The van der Waals surface area contributed by atoms with Crippen LogP contribution in [0.2, 0.25) is 10.0 Å². The van der Waals surface area contributed by atoms with E-state index in [1.165, 1.54) is 6.08 Å². The molecule has 1 heterocycles. The summed E-state index contributed by atoms with van der Waals surface area (Å²) in [5.41, 5.74) is 0.653. The molecule has 1 aromatic rings. The van der Waals surface area contributed by atoms with Gasteiger partial charge in [-0.15, -0.1) is 6.42 Å². The summed E-state index contributed by atoms with van der Waals surface area (Å²) < 4.78 is 5.21. The summed E-state index contributed by atoms with van der Waals surface area (Å²) >= 11 is 12.1. The number of amides is 3. The van der Waals surface area contributed by atoms with Gasteiger partial charge in [0.15, 0.2) is 5.75 Å². The van der Waals surface area contributed by atoms with E-state index < -0.39 is 11.9 Å². The molecule has 0 aromatic heterocycles. The molecular formula is C13H8Cl2N2O3. The molecule has 0 saturated carbocycles. The van der Waals surface area contributed by atoms with Crippen LogP contribution in [0.15, 0.2) is 17.8 Å². The molecule has 2 N–H and O–H groups in total. The van der Waals surface area contributed by atoms with Gasteiger partial charge in [0.25, 0.3) is 5.91 Å². The highest BCUT2D eigenvalue weighted by molar-refractivity contribution is 6.37. The second-order valence-electron chi connectivity index (χ2n) is 3.77. The van der Waals surface area contributed by atoms with Crippen LogP contribution in [0.3, 0.4) is 0 Å². The molecular weight excluding hydrogens is 303 g/mol. The van der Waals surface area contributed by atoms with Crippen molar-refractivity contribution in [1.29, 1.82) is 0 Å². The Labute approximate surface area is 124 Å². The molecule has 0 aliphatic carbocycles. The third kappa shape index (κ3) is 3.05.